The highest BCUT2D eigenvalue weighted by molar-refractivity contribution is 6.31. The lowest BCUT2D eigenvalue weighted by Gasteiger charge is -1.95. The van der Waals surface area contributed by atoms with Crippen LogP contribution in [0.25, 0.3) is 0 Å². The number of benzene rings is 2. The maximum atomic E-state index is 10.6. The molecule has 34 heavy (non-hydrogen) atoms. The summed E-state index contributed by atoms with van der Waals surface area (Å²) in [5, 5.41) is 17.3. The van der Waals surface area contributed by atoms with Crippen LogP contribution in [0.4, 0.5) is 0 Å². The molecule has 1 atom stereocenters. The molecule has 1 aliphatic heterocycles. The molecule has 1 saturated heterocycles. The van der Waals surface area contributed by atoms with Gasteiger partial charge in [-0.3, -0.25) is 4.89 Å². The van der Waals surface area contributed by atoms with Crippen molar-refractivity contribution in [3.05, 3.63) is 82.4 Å². The van der Waals surface area contributed by atoms with E-state index in [1.807, 2.05) is 0 Å². The van der Waals surface area contributed by atoms with Gasteiger partial charge in [0.05, 0.1) is 32.0 Å². The van der Waals surface area contributed by atoms with E-state index >= 15 is 0 Å². The summed E-state index contributed by atoms with van der Waals surface area (Å²) >= 11 is 11.1. The summed E-state index contributed by atoms with van der Waals surface area (Å²) in [5.41, 5.74) is 0.438. The van der Waals surface area contributed by atoms with Crippen molar-refractivity contribution in [1.82, 2.24) is 0 Å². The van der Waals surface area contributed by atoms with Crippen LogP contribution in [0.5, 0.6) is 0 Å². The fourth-order valence-electron chi connectivity index (χ4n) is 1.69. The second-order valence-electron chi connectivity index (χ2n) is 5.78. The average molecular weight is 517 g/mol. The molecule has 0 saturated carbocycles. The molecule has 10 nitrogen and oxygen atoms in total. The molecule has 0 bridgehead atoms. The van der Waals surface area contributed by atoms with Gasteiger partial charge in [0.2, 0.25) is 0 Å². The van der Waals surface area contributed by atoms with Crippen LogP contribution in [-0.4, -0.2) is 61.2 Å². The van der Waals surface area contributed by atoms with E-state index in [4.69, 9.17) is 33.6 Å². The normalized spacial score (nSPS) is 12.4. The van der Waals surface area contributed by atoms with E-state index in [1.54, 1.807) is 24.3 Å². The van der Waals surface area contributed by atoms with Gasteiger partial charge < -0.3 is 19.3 Å². The van der Waals surface area contributed by atoms with Gasteiger partial charge in [-0.1, -0.05) is 41.9 Å². The Morgan fingerprint density at radius 2 is 1.50 bits per heavy atom. The summed E-state index contributed by atoms with van der Waals surface area (Å²) in [6, 6.07) is 12.2. The van der Waals surface area contributed by atoms with Gasteiger partial charge in [-0.05, 0) is 36.4 Å². The molecule has 0 amide bonds. The predicted molar refractivity (Wildman–Crippen MR) is 122 cm³/mol. The van der Waals surface area contributed by atoms with Gasteiger partial charge in [0.1, 0.15) is 0 Å². The number of carbonyl (C=O) groups excluding carboxylic acids is 3. The summed E-state index contributed by atoms with van der Waals surface area (Å²) in [4.78, 5) is 44.5. The van der Waals surface area contributed by atoms with Crippen LogP contribution < -0.4 is 0 Å². The second kappa shape index (κ2) is 17.1. The highest BCUT2D eigenvalue weighted by atomic mass is 35.5. The molecule has 1 fully saturated rings. The minimum atomic E-state index is -0.956. The SMILES string of the molecule is C=CC(=O)OC.COC(=O)C1CO1.O=C(O)c1cccc(Cl)c1.O=C(OO)c1cccc(Cl)c1. The van der Waals surface area contributed by atoms with Crippen LogP contribution in [0.2, 0.25) is 10.0 Å². The fraction of sp³-hybridized carbons (Fsp3) is 0.182. The number of carboxylic acids is 1. The molecular weight excluding hydrogens is 495 g/mol. The van der Waals surface area contributed by atoms with Gasteiger partial charge in [0, 0.05) is 16.1 Å². The van der Waals surface area contributed by atoms with Crippen LogP contribution in [0.3, 0.4) is 0 Å². The van der Waals surface area contributed by atoms with Gasteiger partial charge in [0.15, 0.2) is 6.10 Å². The summed E-state index contributed by atoms with van der Waals surface area (Å²) in [6.45, 7) is 3.69. The quantitative estimate of drug-likeness (QED) is 0.153. The zero-order valence-corrected chi connectivity index (χ0v) is 19.6. The van der Waals surface area contributed by atoms with E-state index in [9.17, 15) is 19.2 Å². The largest absolute Gasteiger partial charge is 0.478 e. The highest BCUT2D eigenvalue weighted by Gasteiger charge is 2.31. The molecule has 0 aliphatic carbocycles. The number of aromatic carboxylic acids is 1. The summed E-state index contributed by atoms with van der Waals surface area (Å²) in [7, 11) is 2.66. The molecule has 0 radical (unpaired) electrons. The minimum absolute atomic E-state index is 0.215. The molecule has 2 aromatic carbocycles. The third kappa shape index (κ3) is 13.9. The first-order valence-electron chi connectivity index (χ1n) is 9.09. The molecule has 1 aliphatic rings. The van der Waals surface area contributed by atoms with Crippen LogP contribution in [-0.2, 0) is 28.7 Å². The Morgan fingerprint density at radius 3 is 1.76 bits per heavy atom. The topological polar surface area (TPSA) is 149 Å². The van der Waals surface area contributed by atoms with E-state index in [2.05, 4.69) is 25.7 Å². The number of epoxide rings is 1. The van der Waals surface area contributed by atoms with Gasteiger partial charge in [-0.15, -0.1) is 0 Å². The number of carbonyl (C=O) groups is 4. The number of hydrogen-bond donors (Lipinski definition) is 2. The highest BCUT2D eigenvalue weighted by Crippen LogP contribution is 2.11. The van der Waals surface area contributed by atoms with Gasteiger partial charge in [-0.25, -0.2) is 19.2 Å². The van der Waals surface area contributed by atoms with Crippen molar-refractivity contribution in [1.29, 1.82) is 0 Å². The van der Waals surface area contributed by atoms with Crippen molar-refractivity contribution < 1.29 is 48.6 Å². The van der Waals surface area contributed by atoms with E-state index in [0.29, 0.717) is 16.7 Å². The predicted octanol–water partition coefficient (Wildman–Crippen LogP) is 3.91. The van der Waals surface area contributed by atoms with Crippen molar-refractivity contribution in [2.24, 2.45) is 0 Å². The molecule has 0 spiro atoms. The first-order valence-corrected chi connectivity index (χ1v) is 9.85. The Balaban J connectivity index is 0.000000440. The number of rotatable bonds is 4. The molecule has 2 aromatic rings. The van der Waals surface area contributed by atoms with Crippen LogP contribution in [0, 0.1) is 0 Å². The molecule has 2 N–H and O–H groups in total. The zero-order valence-electron chi connectivity index (χ0n) is 18.1. The Hall–Kier alpha value is -3.44. The van der Waals surface area contributed by atoms with Crippen molar-refractivity contribution in [3.63, 3.8) is 0 Å². The van der Waals surface area contributed by atoms with Gasteiger partial charge in [0.25, 0.3) is 0 Å². The van der Waals surface area contributed by atoms with Crippen molar-refractivity contribution in [3.8, 4) is 0 Å². The molecule has 12 heteroatoms. The van der Waals surface area contributed by atoms with E-state index in [0.717, 1.165) is 6.08 Å². The number of methoxy groups -OCH3 is 2. The standard InChI is InChI=1S/C7H5ClO3.C7H5ClO2.C4H6O3.C4H6O2/c8-6-3-1-2-5(4-6)7(9)11-10;8-6-3-1-2-5(4-6)7(9)10;1-6-4(5)3-2-7-3;1-3-4(5)6-2/h1-4,10H;1-4H,(H,9,10);3H,2H2,1H3;3H,1H2,2H3. The number of carboxylic acid groups (broad SMARTS) is 1. The maximum absolute atomic E-state index is 10.6. The third-order valence-corrected chi connectivity index (χ3v) is 3.85. The number of hydrogen-bond acceptors (Lipinski definition) is 9. The van der Waals surface area contributed by atoms with E-state index < -0.39 is 17.9 Å². The van der Waals surface area contributed by atoms with Crippen LogP contribution in [0.15, 0.2) is 61.2 Å². The summed E-state index contributed by atoms with van der Waals surface area (Å²) in [5.74, 6) is -2.43. The Bertz CT molecular complexity index is 974. The Kier molecular flexibility index (Phi) is 15.4. The Morgan fingerprint density at radius 1 is 1.00 bits per heavy atom. The third-order valence-electron chi connectivity index (χ3n) is 3.38. The lowest BCUT2D eigenvalue weighted by molar-refractivity contribution is -0.182. The van der Waals surface area contributed by atoms with Crippen molar-refractivity contribution in [2.75, 3.05) is 20.8 Å². The fourth-order valence-corrected chi connectivity index (χ4v) is 2.07. The number of esters is 2. The maximum Gasteiger partial charge on any atom is 0.372 e. The first-order chi connectivity index (χ1) is 16.1. The first kappa shape index (κ1) is 30.6. The number of halogens is 2. The van der Waals surface area contributed by atoms with Crippen molar-refractivity contribution in [2.45, 2.75) is 6.10 Å². The van der Waals surface area contributed by atoms with Gasteiger partial charge in [-0.2, -0.15) is 5.26 Å². The summed E-state index contributed by atoms with van der Waals surface area (Å²) < 4.78 is 13.0. The molecule has 184 valence electrons. The van der Waals surface area contributed by atoms with E-state index in [-0.39, 0.29) is 23.2 Å². The second-order valence-corrected chi connectivity index (χ2v) is 6.65. The molecule has 1 heterocycles. The minimum Gasteiger partial charge on any atom is -0.478 e. The summed E-state index contributed by atoms with van der Waals surface area (Å²) in [6.07, 6.45) is 0.866. The lowest BCUT2D eigenvalue weighted by atomic mass is 10.2. The van der Waals surface area contributed by atoms with Crippen LogP contribution in [0.1, 0.15) is 20.7 Å². The average Bonchev–Trinajstić information content (AvgIpc) is 3.69. The monoisotopic (exact) mass is 516 g/mol. The van der Waals surface area contributed by atoms with Gasteiger partial charge >= 0.3 is 23.9 Å². The molecule has 3 rings (SSSR count). The lowest BCUT2D eigenvalue weighted by Crippen LogP contribution is -2.07. The number of ether oxygens (including phenoxy) is 3. The van der Waals surface area contributed by atoms with E-state index in [1.165, 1.54) is 38.5 Å². The Labute approximate surface area is 205 Å². The smallest absolute Gasteiger partial charge is 0.372 e. The molecule has 1 unspecified atom stereocenters. The zero-order chi connectivity index (χ0) is 26.1. The van der Waals surface area contributed by atoms with Crippen LogP contribution >= 0.6 is 23.2 Å². The molecular formula is C22H22Cl2O10. The molecule has 0 aromatic heterocycles. The van der Waals surface area contributed by atoms with Crippen molar-refractivity contribution >= 4 is 47.1 Å².